The smallest absolute Gasteiger partial charge is 0.293 e. The molecule has 6 heteroatoms. The van der Waals surface area contributed by atoms with Crippen LogP contribution in [-0.2, 0) is 6.54 Å². The minimum absolute atomic E-state index is 0.0181. The van der Waals surface area contributed by atoms with Crippen LogP contribution >= 0.6 is 0 Å². The van der Waals surface area contributed by atoms with Gasteiger partial charge in [-0.05, 0) is 24.1 Å². The highest BCUT2D eigenvalue weighted by Crippen LogP contribution is 2.25. The molecule has 0 bridgehead atoms. The maximum absolute atomic E-state index is 11.0. The minimum atomic E-state index is -0.413. The van der Waals surface area contributed by atoms with Crippen molar-refractivity contribution in [2.24, 2.45) is 11.8 Å². The molecule has 1 aromatic rings. The van der Waals surface area contributed by atoms with E-state index in [0.717, 1.165) is 25.1 Å². The first kappa shape index (κ1) is 16.4. The van der Waals surface area contributed by atoms with Crippen molar-refractivity contribution in [2.75, 3.05) is 18.5 Å². The molecule has 0 spiro atoms. The average molecular weight is 280 g/mol. The van der Waals surface area contributed by atoms with Crippen molar-refractivity contribution in [3.05, 3.63) is 33.9 Å². The maximum Gasteiger partial charge on any atom is 0.293 e. The number of nitro groups is 1. The molecule has 3 N–H and O–H groups in total. The lowest BCUT2D eigenvalue weighted by molar-refractivity contribution is -0.384. The third-order valence-electron chi connectivity index (χ3n) is 3.53. The molecule has 0 saturated carbocycles. The largest absolute Gasteiger partial charge is 0.318 e. The maximum atomic E-state index is 11.0. The highest BCUT2D eigenvalue weighted by molar-refractivity contribution is 5.61. The number of hydrogen-bond acceptors (Lipinski definition) is 5. The fraction of sp³-hybridized carbons (Fsp3) is 0.571. The van der Waals surface area contributed by atoms with E-state index >= 15 is 0 Å². The van der Waals surface area contributed by atoms with Gasteiger partial charge in [0.1, 0.15) is 5.69 Å². The van der Waals surface area contributed by atoms with Crippen LogP contribution in [0.25, 0.3) is 0 Å². The van der Waals surface area contributed by atoms with Crippen molar-refractivity contribution < 1.29 is 4.92 Å². The highest BCUT2D eigenvalue weighted by atomic mass is 16.6. The molecule has 0 aliphatic heterocycles. The molecule has 6 nitrogen and oxygen atoms in total. The Hall–Kier alpha value is -1.66. The Kier molecular flexibility index (Phi) is 6.41. The summed E-state index contributed by atoms with van der Waals surface area (Å²) in [6.45, 7) is 9.13. The molecule has 0 radical (unpaired) electrons. The van der Waals surface area contributed by atoms with E-state index in [2.05, 4.69) is 31.1 Å². The molecule has 1 atom stereocenters. The van der Waals surface area contributed by atoms with E-state index in [0.29, 0.717) is 18.2 Å². The number of hydrogen-bond donors (Lipinski definition) is 2. The van der Waals surface area contributed by atoms with E-state index < -0.39 is 4.92 Å². The Morgan fingerprint density at radius 2 is 2.15 bits per heavy atom. The van der Waals surface area contributed by atoms with Crippen LogP contribution in [0.4, 0.5) is 11.4 Å². The van der Waals surface area contributed by atoms with Gasteiger partial charge >= 0.3 is 0 Å². The molecule has 0 amide bonds. The molecule has 1 unspecified atom stereocenters. The molecular formula is C14H24N4O2. The predicted molar refractivity (Wildman–Crippen MR) is 81.3 cm³/mol. The summed E-state index contributed by atoms with van der Waals surface area (Å²) in [5.74, 6) is 5.91. The quantitative estimate of drug-likeness (QED) is 0.434. The van der Waals surface area contributed by atoms with Crippen molar-refractivity contribution in [3.63, 3.8) is 0 Å². The summed E-state index contributed by atoms with van der Waals surface area (Å²) < 4.78 is 0. The van der Waals surface area contributed by atoms with Gasteiger partial charge in [0.2, 0.25) is 0 Å². The van der Waals surface area contributed by atoms with Crippen molar-refractivity contribution in [1.82, 2.24) is 4.90 Å². The summed E-state index contributed by atoms with van der Waals surface area (Å²) >= 11 is 0. The van der Waals surface area contributed by atoms with Crippen molar-refractivity contribution in [2.45, 2.75) is 33.7 Å². The third kappa shape index (κ3) is 4.47. The lowest BCUT2D eigenvalue weighted by atomic mass is 10.1. The molecule has 0 saturated heterocycles. The Bertz CT molecular complexity index is 451. The normalized spacial score (nSPS) is 12.4. The number of nitrogens with one attached hydrogen (secondary N) is 1. The number of rotatable bonds is 8. The molecule has 0 fully saturated rings. The first-order chi connectivity index (χ1) is 9.51. The van der Waals surface area contributed by atoms with Gasteiger partial charge in [0.15, 0.2) is 0 Å². The number of anilines is 1. The van der Waals surface area contributed by atoms with Gasteiger partial charge < -0.3 is 5.43 Å². The van der Waals surface area contributed by atoms with Crippen LogP contribution in [0.15, 0.2) is 18.2 Å². The number of nitro benzene ring substituents is 1. The molecule has 0 aromatic heterocycles. The first-order valence-electron chi connectivity index (χ1n) is 6.98. The first-order valence-corrected chi connectivity index (χ1v) is 6.98. The summed E-state index contributed by atoms with van der Waals surface area (Å²) in [5.41, 5.74) is 3.64. The van der Waals surface area contributed by atoms with Crippen molar-refractivity contribution in [3.8, 4) is 0 Å². The summed E-state index contributed by atoms with van der Waals surface area (Å²) in [5, 5.41) is 11.0. The summed E-state index contributed by atoms with van der Waals surface area (Å²) in [6.07, 6.45) is 1.13. The van der Waals surface area contributed by atoms with Gasteiger partial charge in [-0.2, -0.15) is 0 Å². The molecule has 1 aromatic carbocycles. The molecular weight excluding hydrogens is 256 g/mol. The number of hydrazine groups is 1. The average Bonchev–Trinajstić information content (AvgIpc) is 2.45. The summed E-state index contributed by atoms with van der Waals surface area (Å²) in [4.78, 5) is 12.9. The van der Waals surface area contributed by atoms with Crippen LogP contribution in [0.3, 0.4) is 0 Å². The van der Waals surface area contributed by atoms with Crippen LogP contribution in [0.5, 0.6) is 0 Å². The second kappa shape index (κ2) is 7.81. The van der Waals surface area contributed by atoms with Crippen molar-refractivity contribution >= 4 is 11.4 Å². The van der Waals surface area contributed by atoms with Crippen LogP contribution in [0, 0.1) is 16.0 Å². The lowest BCUT2D eigenvalue weighted by Gasteiger charge is -2.23. The zero-order chi connectivity index (χ0) is 15.1. The Morgan fingerprint density at radius 1 is 1.45 bits per heavy atom. The molecule has 1 rings (SSSR count). The van der Waals surface area contributed by atoms with Crippen molar-refractivity contribution in [1.29, 1.82) is 0 Å². The second-order valence-corrected chi connectivity index (χ2v) is 5.09. The Balaban J connectivity index is 2.85. The van der Waals surface area contributed by atoms with E-state index in [-0.39, 0.29) is 5.69 Å². The van der Waals surface area contributed by atoms with Crippen LogP contribution in [0.1, 0.15) is 32.8 Å². The van der Waals surface area contributed by atoms with Gasteiger partial charge in [0.25, 0.3) is 5.69 Å². The van der Waals surface area contributed by atoms with Crippen LogP contribution < -0.4 is 11.3 Å². The summed E-state index contributed by atoms with van der Waals surface area (Å²) in [6, 6.07) is 5.13. The number of nitrogen functional groups attached to an aromatic ring is 1. The number of benzene rings is 1. The fourth-order valence-corrected chi connectivity index (χ4v) is 2.08. The van der Waals surface area contributed by atoms with E-state index in [1.807, 2.05) is 6.07 Å². The van der Waals surface area contributed by atoms with Gasteiger partial charge in [0.05, 0.1) is 4.92 Å². The van der Waals surface area contributed by atoms with E-state index in [1.54, 1.807) is 12.1 Å². The van der Waals surface area contributed by atoms with Crippen LogP contribution in [-0.4, -0.2) is 22.9 Å². The molecule has 20 heavy (non-hydrogen) atoms. The molecule has 0 aliphatic rings. The minimum Gasteiger partial charge on any atom is -0.318 e. The molecule has 112 valence electrons. The van der Waals surface area contributed by atoms with Gasteiger partial charge in [-0.1, -0.05) is 33.3 Å². The van der Waals surface area contributed by atoms with Gasteiger partial charge in [0, 0.05) is 19.2 Å². The Morgan fingerprint density at radius 3 is 2.65 bits per heavy atom. The zero-order valence-corrected chi connectivity index (χ0v) is 12.4. The highest BCUT2D eigenvalue weighted by Gasteiger charge is 2.15. The number of nitrogens with zero attached hydrogens (tertiary/aromatic N) is 2. The molecule has 0 aliphatic carbocycles. The zero-order valence-electron chi connectivity index (χ0n) is 12.4. The third-order valence-corrected chi connectivity index (χ3v) is 3.53. The van der Waals surface area contributed by atoms with E-state index in [4.69, 9.17) is 5.84 Å². The monoisotopic (exact) mass is 280 g/mol. The number of nitrogens with two attached hydrogens (primary N) is 1. The van der Waals surface area contributed by atoms with Crippen LogP contribution in [0.2, 0.25) is 0 Å². The van der Waals surface area contributed by atoms with Gasteiger partial charge in [-0.15, -0.1) is 0 Å². The van der Waals surface area contributed by atoms with Gasteiger partial charge in [-0.25, -0.2) is 0 Å². The second-order valence-electron chi connectivity index (χ2n) is 5.09. The van der Waals surface area contributed by atoms with E-state index in [1.165, 1.54) is 0 Å². The summed E-state index contributed by atoms with van der Waals surface area (Å²) in [7, 11) is 0. The Labute approximate surface area is 120 Å². The SMILES string of the molecule is CCC(C)CN(CC)Cc1ccc(NN)c([N+](=O)[O-])c1. The van der Waals surface area contributed by atoms with Gasteiger partial charge in [-0.3, -0.25) is 20.9 Å². The fourth-order valence-electron chi connectivity index (χ4n) is 2.08. The molecule has 0 heterocycles. The predicted octanol–water partition coefficient (Wildman–Crippen LogP) is 2.75. The van der Waals surface area contributed by atoms with E-state index in [9.17, 15) is 10.1 Å². The topological polar surface area (TPSA) is 84.4 Å². The lowest BCUT2D eigenvalue weighted by Crippen LogP contribution is -2.27. The standard InChI is InChI=1S/C14H24N4O2/c1-4-11(3)9-17(5-2)10-12-6-7-13(16-15)14(8-12)18(19)20/h6-8,11,16H,4-5,9-10,15H2,1-3H3.